The van der Waals surface area contributed by atoms with Gasteiger partial charge in [0, 0.05) is 27.9 Å². The summed E-state index contributed by atoms with van der Waals surface area (Å²) in [6, 6.07) is 70.9. The van der Waals surface area contributed by atoms with Crippen molar-refractivity contribution in [3.8, 4) is 44.7 Å². The minimum absolute atomic E-state index is 0.855. The van der Waals surface area contributed by atoms with Gasteiger partial charge in [0.2, 0.25) is 0 Å². The molecule has 0 aliphatic heterocycles. The van der Waals surface area contributed by atoms with Crippen LogP contribution in [0.2, 0.25) is 0 Å². The van der Waals surface area contributed by atoms with E-state index in [9.17, 15) is 0 Å². The Labute approximate surface area is 292 Å². The Morgan fingerprint density at radius 1 is 0.360 bits per heavy atom. The maximum atomic E-state index is 6.76. The first kappa shape index (κ1) is 29.5. The molecule has 2 heteroatoms. The fourth-order valence-corrected chi connectivity index (χ4v) is 7.02. The molecule has 1 aromatic heterocycles. The molecule has 0 N–H and O–H groups in total. The SMILES string of the molecule is c1ccc(-c2ccc(-c3ccc(N(c4ccc5ccccc5c4)c4ccccc4-c4oc5ccccc5c4-c4ccccc4)cc3)cc2)cc1. The zero-order valence-electron chi connectivity index (χ0n) is 27.4. The second-order valence-corrected chi connectivity index (χ2v) is 12.5. The summed E-state index contributed by atoms with van der Waals surface area (Å²) in [4.78, 5) is 2.35. The predicted molar refractivity (Wildman–Crippen MR) is 210 cm³/mol. The standard InChI is InChI=1S/C48H33NO/c1-3-13-34(14-4-1)36-23-25-37(26-24-36)38-27-30-41(31-28-38)49(42-32-29-35-15-7-8-18-40(35)33-42)45-21-11-9-19-43(45)48-47(39-16-5-2-6-17-39)44-20-10-12-22-46(44)50-48/h1-33H. The van der Waals surface area contributed by atoms with E-state index in [4.69, 9.17) is 4.42 Å². The summed E-state index contributed by atoms with van der Waals surface area (Å²) >= 11 is 0. The Bertz CT molecular complexity index is 2570. The van der Waals surface area contributed by atoms with Crippen LogP contribution in [0, 0.1) is 0 Å². The minimum atomic E-state index is 0.855. The van der Waals surface area contributed by atoms with Crippen molar-refractivity contribution in [2.45, 2.75) is 0 Å². The van der Waals surface area contributed by atoms with E-state index in [1.54, 1.807) is 0 Å². The van der Waals surface area contributed by atoms with Crippen LogP contribution in [-0.2, 0) is 0 Å². The average Bonchev–Trinajstić information content (AvgIpc) is 3.59. The molecule has 0 saturated carbocycles. The average molecular weight is 640 g/mol. The Morgan fingerprint density at radius 2 is 0.880 bits per heavy atom. The fraction of sp³-hybridized carbons (Fsp3) is 0. The Kier molecular flexibility index (Phi) is 7.53. The smallest absolute Gasteiger partial charge is 0.145 e. The highest BCUT2D eigenvalue weighted by Gasteiger charge is 2.23. The first-order valence-electron chi connectivity index (χ1n) is 17.0. The monoisotopic (exact) mass is 639 g/mol. The van der Waals surface area contributed by atoms with Gasteiger partial charge >= 0.3 is 0 Å². The Morgan fingerprint density at radius 3 is 1.60 bits per heavy atom. The van der Waals surface area contributed by atoms with Crippen molar-refractivity contribution in [3.05, 3.63) is 200 Å². The molecule has 0 saturated heterocycles. The Hall–Kier alpha value is -6.64. The van der Waals surface area contributed by atoms with Gasteiger partial charge in [0.25, 0.3) is 0 Å². The number of para-hydroxylation sites is 2. The van der Waals surface area contributed by atoms with Crippen LogP contribution in [0.1, 0.15) is 0 Å². The molecule has 50 heavy (non-hydrogen) atoms. The molecule has 0 bridgehead atoms. The maximum absolute atomic E-state index is 6.76. The van der Waals surface area contributed by atoms with Crippen molar-refractivity contribution in [2.24, 2.45) is 0 Å². The number of benzene rings is 8. The van der Waals surface area contributed by atoms with Gasteiger partial charge < -0.3 is 9.32 Å². The van der Waals surface area contributed by atoms with Crippen molar-refractivity contribution in [1.82, 2.24) is 0 Å². The molecule has 9 rings (SSSR count). The van der Waals surface area contributed by atoms with Crippen LogP contribution in [0.5, 0.6) is 0 Å². The fourth-order valence-electron chi connectivity index (χ4n) is 7.02. The zero-order valence-corrected chi connectivity index (χ0v) is 27.4. The molecule has 2 nitrogen and oxygen atoms in total. The highest BCUT2D eigenvalue weighted by molar-refractivity contribution is 6.04. The summed E-state index contributed by atoms with van der Waals surface area (Å²) in [5, 5.41) is 3.50. The molecule has 236 valence electrons. The largest absolute Gasteiger partial charge is 0.455 e. The molecule has 0 fully saturated rings. The van der Waals surface area contributed by atoms with E-state index in [1.807, 2.05) is 6.07 Å². The summed E-state index contributed by atoms with van der Waals surface area (Å²) in [6.07, 6.45) is 0. The lowest BCUT2D eigenvalue weighted by molar-refractivity contribution is 0.632. The van der Waals surface area contributed by atoms with Gasteiger partial charge in [-0.1, -0.05) is 158 Å². The van der Waals surface area contributed by atoms with Crippen molar-refractivity contribution in [2.75, 3.05) is 4.90 Å². The van der Waals surface area contributed by atoms with E-state index < -0.39 is 0 Å². The molecular weight excluding hydrogens is 607 g/mol. The van der Waals surface area contributed by atoms with E-state index in [0.717, 1.165) is 50.5 Å². The van der Waals surface area contributed by atoms with Gasteiger partial charge in [0.1, 0.15) is 11.3 Å². The number of nitrogens with zero attached hydrogens (tertiary/aromatic N) is 1. The van der Waals surface area contributed by atoms with Gasteiger partial charge in [0.05, 0.1) is 5.69 Å². The summed E-state index contributed by atoms with van der Waals surface area (Å²) < 4.78 is 6.76. The number of rotatable bonds is 7. The van der Waals surface area contributed by atoms with Gasteiger partial charge in [-0.2, -0.15) is 0 Å². The van der Waals surface area contributed by atoms with E-state index in [2.05, 4.69) is 199 Å². The van der Waals surface area contributed by atoms with Crippen LogP contribution in [0.4, 0.5) is 17.1 Å². The zero-order chi connectivity index (χ0) is 33.3. The van der Waals surface area contributed by atoms with Crippen molar-refractivity contribution >= 4 is 38.8 Å². The molecule has 0 unspecified atom stereocenters. The van der Waals surface area contributed by atoms with Gasteiger partial charge in [-0.15, -0.1) is 0 Å². The number of fused-ring (bicyclic) bond motifs is 2. The summed E-state index contributed by atoms with van der Waals surface area (Å²) in [5.74, 6) is 0.855. The van der Waals surface area contributed by atoms with Crippen molar-refractivity contribution in [3.63, 3.8) is 0 Å². The number of anilines is 3. The molecule has 0 spiro atoms. The van der Waals surface area contributed by atoms with E-state index >= 15 is 0 Å². The molecule has 8 aromatic carbocycles. The predicted octanol–water partition coefficient (Wildman–Crippen LogP) is 13.7. The quantitative estimate of drug-likeness (QED) is 0.173. The number of hydrogen-bond acceptors (Lipinski definition) is 2. The van der Waals surface area contributed by atoms with Crippen LogP contribution in [0.3, 0.4) is 0 Å². The van der Waals surface area contributed by atoms with Crippen LogP contribution in [0.15, 0.2) is 205 Å². The van der Waals surface area contributed by atoms with Gasteiger partial charge in [-0.25, -0.2) is 0 Å². The molecule has 9 aromatic rings. The van der Waals surface area contributed by atoms with E-state index in [-0.39, 0.29) is 0 Å². The third kappa shape index (κ3) is 5.43. The molecule has 0 aliphatic rings. The normalized spacial score (nSPS) is 11.2. The lowest BCUT2D eigenvalue weighted by Gasteiger charge is -2.28. The molecular formula is C48H33NO. The lowest BCUT2D eigenvalue weighted by atomic mass is 9.97. The van der Waals surface area contributed by atoms with Crippen LogP contribution in [0.25, 0.3) is 66.4 Å². The highest BCUT2D eigenvalue weighted by Crippen LogP contribution is 2.47. The topological polar surface area (TPSA) is 16.4 Å². The molecule has 0 radical (unpaired) electrons. The van der Waals surface area contributed by atoms with Crippen LogP contribution in [-0.4, -0.2) is 0 Å². The molecule has 0 atom stereocenters. The summed E-state index contributed by atoms with van der Waals surface area (Å²) in [6.45, 7) is 0. The number of hydrogen-bond donors (Lipinski definition) is 0. The Balaban J connectivity index is 1.19. The van der Waals surface area contributed by atoms with Gasteiger partial charge in [-0.3, -0.25) is 0 Å². The highest BCUT2D eigenvalue weighted by atomic mass is 16.3. The second-order valence-electron chi connectivity index (χ2n) is 12.5. The third-order valence-corrected chi connectivity index (χ3v) is 9.49. The second kappa shape index (κ2) is 12.8. The van der Waals surface area contributed by atoms with Crippen LogP contribution >= 0.6 is 0 Å². The lowest BCUT2D eigenvalue weighted by Crippen LogP contribution is -2.11. The van der Waals surface area contributed by atoms with Crippen LogP contribution < -0.4 is 4.90 Å². The number of furan rings is 1. The molecule has 1 heterocycles. The van der Waals surface area contributed by atoms with E-state index in [1.165, 1.54) is 33.0 Å². The first-order valence-corrected chi connectivity index (χ1v) is 17.0. The maximum Gasteiger partial charge on any atom is 0.145 e. The first-order chi connectivity index (χ1) is 24.8. The van der Waals surface area contributed by atoms with Gasteiger partial charge in [0.15, 0.2) is 0 Å². The van der Waals surface area contributed by atoms with Gasteiger partial charge in [-0.05, 0) is 81.1 Å². The van der Waals surface area contributed by atoms with Crippen molar-refractivity contribution < 1.29 is 4.42 Å². The van der Waals surface area contributed by atoms with Crippen molar-refractivity contribution in [1.29, 1.82) is 0 Å². The summed E-state index contributed by atoms with van der Waals surface area (Å²) in [5.41, 5.74) is 12.1. The summed E-state index contributed by atoms with van der Waals surface area (Å²) in [7, 11) is 0. The minimum Gasteiger partial charge on any atom is -0.455 e. The molecule has 0 aliphatic carbocycles. The van der Waals surface area contributed by atoms with E-state index in [0.29, 0.717) is 0 Å². The molecule has 0 amide bonds. The third-order valence-electron chi connectivity index (χ3n) is 9.49.